The van der Waals surface area contributed by atoms with Crippen LogP contribution < -0.4 is 10.3 Å². The number of pyridine rings is 2. The lowest BCUT2D eigenvalue weighted by Crippen LogP contribution is -2.45. The molecule has 2 aliphatic rings. The number of piperazine rings is 1. The summed E-state index contributed by atoms with van der Waals surface area (Å²) >= 11 is 0. The van der Waals surface area contributed by atoms with E-state index in [0.29, 0.717) is 13.0 Å². The van der Waals surface area contributed by atoms with Gasteiger partial charge in [-0.2, -0.15) is 0 Å². The minimum atomic E-state index is 0.0855. The molecule has 0 unspecified atom stereocenters. The molecule has 188 valence electrons. The fraction of sp³-hybridized carbons (Fsp3) is 0.290. The maximum atomic E-state index is 12.5. The lowest BCUT2D eigenvalue weighted by Gasteiger charge is -2.32. The summed E-state index contributed by atoms with van der Waals surface area (Å²) in [5.74, 6) is 0.891. The summed E-state index contributed by atoms with van der Waals surface area (Å²) in [5, 5.41) is 1.08. The first-order valence-electron chi connectivity index (χ1n) is 13.0. The molecular weight excluding hydrogens is 460 g/mol. The zero-order valence-electron chi connectivity index (χ0n) is 21.5. The van der Waals surface area contributed by atoms with Gasteiger partial charge >= 0.3 is 0 Å². The standard InChI is InChI=1S/C31H32N4O2/c1-33-14-16-35(17-15-33)18-19-37-25-10-6-22(7-11-25)29-13-9-24-20-23(8-12-30(24)32-29)28-21-34(2)31(36)27-5-3-4-26(27)28/h3-4,6-13,20-21H,5,14-19H2,1-2H3. The van der Waals surface area contributed by atoms with E-state index < -0.39 is 0 Å². The van der Waals surface area contributed by atoms with Crippen molar-refractivity contribution in [2.75, 3.05) is 46.4 Å². The van der Waals surface area contributed by atoms with E-state index in [9.17, 15) is 4.79 Å². The van der Waals surface area contributed by atoms with Crippen LogP contribution in [0, 0.1) is 0 Å². The molecule has 2 aromatic carbocycles. The smallest absolute Gasteiger partial charge is 0.254 e. The molecule has 0 N–H and O–H groups in total. The molecule has 0 bridgehead atoms. The van der Waals surface area contributed by atoms with Gasteiger partial charge in [0.15, 0.2) is 0 Å². The molecule has 1 aliphatic heterocycles. The Bertz CT molecular complexity index is 1530. The Kier molecular flexibility index (Phi) is 6.37. The molecule has 0 atom stereocenters. The monoisotopic (exact) mass is 492 g/mol. The third-order valence-electron chi connectivity index (χ3n) is 7.55. The van der Waals surface area contributed by atoms with Gasteiger partial charge in [-0.1, -0.05) is 24.3 Å². The molecule has 6 nitrogen and oxygen atoms in total. The number of rotatable bonds is 6. The van der Waals surface area contributed by atoms with E-state index in [0.717, 1.165) is 82.9 Å². The largest absolute Gasteiger partial charge is 0.492 e. The van der Waals surface area contributed by atoms with Gasteiger partial charge in [0.05, 0.1) is 11.2 Å². The van der Waals surface area contributed by atoms with Gasteiger partial charge in [0.2, 0.25) is 0 Å². The molecule has 4 aromatic rings. The molecule has 6 heteroatoms. The normalized spacial score (nSPS) is 15.8. The molecular formula is C31H32N4O2. The molecule has 0 radical (unpaired) electrons. The van der Waals surface area contributed by atoms with E-state index in [-0.39, 0.29) is 5.56 Å². The number of nitrogens with zero attached hydrogens (tertiary/aromatic N) is 4. The predicted molar refractivity (Wildman–Crippen MR) is 150 cm³/mol. The van der Waals surface area contributed by atoms with Gasteiger partial charge in [-0.25, -0.2) is 4.98 Å². The number of hydrogen-bond acceptors (Lipinski definition) is 5. The second kappa shape index (κ2) is 9.96. The van der Waals surface area contributed by atoms with Crippen LogP contribution in [0.15, 0.2) is 71.7 Å². The number of likely N-dealkylation sites (N-methyl/N-ethyl adjacent to an activating group) is 1. The molecule has 0 amide bonds. The SMILES string of the molecule is CN1CCN(CCOc2ccc(-c3ccc4cc(-c5cn(C)c(=O)c6c5C=CC6)ccc4n3)cc2)CC1. The van der Waals surface area contributed by atoms with Crippen LogP contribution >= 0.6 is 0 Å². The Morgan fingerprint density at radius 3 is 2.51 bits per heavy atom. The van der Waals surface area contributed by atoms with Crippen molar-refractivity contribution < 1.29 is 4.74 Å². The number of hydrogen-bond donors (Lipinski definition) is 0. The van der Waals surface area contributed by atoms with Crippen molar-refractivity contribution in [3.63, 3.8) is 0 Å². The highest BCUT2D eigenvalue weighted by Gasteiger charge is 2.17. The van der Waals surface area contributed by atoms with Crippen LogP contribution in [0.3, 0.4) is 0 Å². The van der Waals surface area contributed by atoms with Crippen molar-refractivity contribution in [2.45, 2.75) is 6.42 Å². The number of allylic oxidation sites excluding steroid dienone is 1. The molecule has 1 aliphatic carbocycles. The summed E-state index contributed by atoms with van der Waals surface area (Å²) in [6.45, 7) is 6.13. The number of aryl methyl sites for hydroxylation is 1. The Morgan fingerprint density at radius 1 is 0.919 bits per heavy atom. The maximum absolute atomic E-state index is 12.5. The summed E-state index contributed by atoms with van der Waals surface area (Å²) in [6, 6.07) is 18.7. The van der Waals surface area contributed by atoms with Crippen LogP contribution in [-0.4, -0.2) is 65.7 Å². The van der Waals surface area contributed by atoms with Crippen LogP contribution in [0.4, 0.5) is 0 Å². The number of ether oxygens (including phenoxy) is 1. The van der Waals surface area contributed by atoms with Gasteiger partial charge in [0.1, 0.15) is 12.4 Å². The third-order valence-corrected chi connectivity index (χ3v) is 7.55. The molecule has 6 rings (SSSR count). The first-order valence-corrected chi connectivity index (χ1v) is 13.0. The van der Waals surface area contributed by atoms with Crippen molar-refractivity contribution in [1.82, 2.24) is 19.4 Å². The highest BCUT2D eigenvalue weighted by atomic mass is 16.5. The van der Waals surface area contributed by atoms with Crippen molar-refractivity contribution in [1.29, 1.82) is 0 Å². The Morgan fingerprint density at radius 2 is 1.70 bits per heavy atom. The van der Waals surface area contributed by atoms with E-state index >= 15 is 0 Å². The van der Waals surface area contributed by atoms with Gasteiger partial charge in [-0.15, -0.1) is 0 Å². The second-order valence-corrected chi connectivity index (χ2v) is 10.1. The summed E-state index contributed by atoms with van der Waals surface area (Å²) in [6.07, 6.45) is 6.77. The van der Waals surface area contributed by atoms with Gasteiger partial charge < -0.3 is 14.2 Å². The van der Waals surface area contributed by atoms with Crippen LogP contribution in [0.25, 0.3) is 39.4 Å². The van der Waals surface area contributed by atoms with E-state index in [1.165, 1.54) is 0 Å². The van der Waals surface area contributed by atoms with Crippen LogP contribution in [-0.2, 0) is 13.5 Å². The molecule has 1 saturated heterocycles. The first-order chi connectivity index (χ1) is 18.0. The topological polar surface area (TPSA) is 50.6 Å². The lowest BCUT2D eigenvalue weighted by atomic mass is 9.98. The van der Waals surface area contributed by atoms with Crippen LogP contribution in [0.1, 0.15) is 11.1 Å². The molecule has 0 saturated carbocycles. The zero-order chi connectivity index (χ0) is 25.4. The van der Waals surface area contributed by atoms with Crippen molar-refractivity contribution >= 4 is 17.0 Å². The Labute approximate surface area is 217 Å². The molecule has 1 fully saturated rings. The molecule has 37 heavy (non-hydrogen) atoms. The number of fused-ring (bicyclic) bond motifs is 2. The minimum absolute atomic E-state index is 0.0855. The summed E-state index contributed by atoms with van der Waals surface area (Å²) < 4.78 is 7.68. The van der Waals surface area contributed by atoms with E-state index in [4.69, 9.17) is 9.72 Å². The van der Waals surface area contributed by atoms with E-state index in [1.54, 1.807) is 4.57 Å². The predicted octanol–water partition coefficient (Wildman–Crippen LogP) is 4.46. The van der Waals surface area contributed by atoms with E-state index in [1.807, 2.05) is 25.4 Å². The average molecular weight is 493 g/mol. The van der Waals surface area contributed by atoms with Crippen molar-refractivity contribution in [3.8, 4) is 28.1 Å². The second-order valence-electron chi connectivity index (χ2n) is 10.1. The minimum Gasteiger partial charge on any atom is -0.492 e. The van der Waals surface area contributed by atoms with Gasteiger partial charge in [-0.3, -0.25) is 9.69 Å². The highest BCUT2D eigenvalue weighted by Crippen LogP contribution is 2.32. The highest BCUT2D eigenvalue weighted by molar-refractivity contribution is 5.88. The zero-order valence-corrected chi connectivity index (χ0v) is 21.5. The van der Waals surface area contributed by atoms with Crippen molar-refractivity contribution in [2.24, 2.45) is 7.05 Å². The Hall–Kier alpha value is -3.74. The summed E-state index contributed by atoms with van der Waals surface area (Å²) in [4.78, 5) is 22.2. The third kappa shape index (κ3) is 4.82. The van der Waals surface area contributed by atoms with E-state index in [2.05, 4.69) is 71.5 Å². The van der Waals surface area contributed by atoms with Crippen LogP contribution in [0.5, 0.6) is 5.75 Å². The van der Waals surface area contributed by atoms with Gasteiger partial charge in [0.25, 0.3) is 5.56 Å². The van der Waals surface area contributed by atoms with Crippen LogP contribution in [0.2, 0.25) is 0 Å². The van der Waals surface area contributed by atoms with Gasteiger partial charge in [-0.05, 0) is 67.1 Å². The lowest BCUT2D eigenvalue weighted by molar-refractivity contribution is 0.134. The number of aromatic nitrogens is 2. The van der Waals surface area contributed by atoms with Gasteiger partial charge in [0, 0.05) is 68.0 Å². The quantitative estimate of drug-likeness (QED) is 0.398. The first kappa shape index (κ1) is 23.6. The number of benzene rings is 2. The fourth-order valence-corrected chi connectivity index (χ4v) is 5.26. The van der Waals surface area contributed by atoms with Crippen molar-refractivity contribution in [3.05, 3.63) is 88.4 Å². The summed E-state index contributed by atoms with van der Waals surface area (Å²) in [7, 11) is 4.00. The summed E-state index contributed by atoms with van der Waals surface area (Å²) in [5.41, 5.74) is 7.14. The average Bonchev–Trinajstić information content (AvgIpc) is 3.42. The maximum Gasteiger partial charge on any atom is 0.254 e. The fourth-order valence-electron chi connectivity index (χ4n) is 5.26. The molecule has 3 heterocycles. The molecule has 2 aromatic heterocycles. The molecule has 0 spiro atoms. The Balaban J connectivity index is 1.17.